The van der Waals surface area contributed by atoms with E-state index in [0.717, 1.165) is 11.4 Å². The SMILES string of the molecule is C/C(=C\c1csc(C)n1)[C@H]1OC(=O)C[C@H](O)C(C)(C)C(=O)[C@H](C)C(O)[C@@H](C)CCC/C=C\[C@@H]1O. The molecule has 1 aromatic rings. The molecule has 6 atom stereocenters. The molecule has 3 N–H and O–H groups in total. The van der Waals surface area contributed by atoms with E-state index in [-0.39, 0.29) is 11.7 Å². The van der Waals surface area contributed by atoms with Crippen molar-refractivity contribution in [2.75, 3.05) is 0 Å². The van der Waals surface area contributed by atoms with Crippen molar-refractivity contribution in [1.82, 2.24) is 4.98 Å². The van der Waals surface area contributed by atoms with Gasteiger partial charge in [-0.15, -0.1) is 11.3 Å². The zero-order valence-electron chi connectivity index (χ0n) is 21.0. The van der Waals surface area contributed by atoms with Crippen LogP contribution in [0.2, 0.25) is 0 Å². The Morgan fingerprint density at radius 1 is 1.24 bits per heavy atom. The number of aliphatic hydroxyl groups excluding tert-OH is 3. The number of Topliss-reactive ketones (excluding diaryl/α,β-unsaturated/α-hetero) is 1. The Morgan fingerprint density at radius 2 is 1.91 bits per heavy atom. The fraction of sp³-hybridized carbons (Fsp3) is 0.654. The van der Waals surface area contributed by atoms with Crippen molar-refractivity contribution >= 4 is 29.2 Å². The van der Waals surface area contributed by atoms with Crippen LogP contribution in [0.5, 0.6) is 0 Å². The molecule has 0 saturated heterocycles. The third kappa shape index (κ3) is 7.31. The summed E-state index contributed by atoms with van der Waals surface area (Å²) >= 11 is 1.50. The standard InChI is InChI=1S/C26H39NO6S/c1-15-10-8-7-9-11-20(28)24(16(2)12-19-14-34-18(4)27-19)33-22(30)13-21(29)26(5,6)25(32)17(3)23(15)31/h9,11-12,14-15,17,20-21,23-24,28-29,31H,7-8,10,13H2,1-6H3/b11-9-,16-12+/t15-,17+,20-,21-,23?,24+/m0/s1. The van der Waals surface area contributed by atoms with Crippen molar-refractivity contribution in [3.63, 3.8) is 0 Å². The van der Waals surface area contributed by atoms with Gasteiger partial charge in [0.1, 0.15) is 11.9 Å². The van der Waals surface area contributed by atoms with E-state index in [4.69, 9.17) is 4.74 Å². The number of cyclic esters (lactones) is 1. The summed E-state index contributed by atoms with van der Waals surface area (Å²) in [6.07, 6.45) is 2.78. The average molecular weight is 494 g/mol. The number of aryl methyl sites for hydroxylation is 1. The second kappa shape index (κ2) is 12.2. The lowest BCUT2D eigenvalue weighted by molar-refractivity contribution is -0.157. The monoisotopic (exact) mass is 493 g/mol. The minimum absolute atomic E-state index is 0.109. The Kier molecular flexibility index (Phi) is 10.2. The molecule has 1 unspecified atom stereocenters. The van der Waals surface area contributed by atoms with Crippen LogP contribution in [0.4, 0.5) is 0 Å². The number of aromatic nitrogens is 1. The predicted molar refractivity (Wildman–Crippen MR) is 133 cm³/mol. The highest BCUT2D eigenvalue weighted by Crippen LogP contribution is 2.32. The van der Waals surface area contributed by atoms with Gasteiger partial charge in [-0.05, 0) is 50.7 Å². The number of esters is 1. The highest BCUT2D eigenvalue weighted by molar-refractivity contribution is 7.09. The first-order chi connectivity index (χ1) is 15.8. The molecule has 2 rings (SSSR count). The van der Waals surface area contributed by atoms with Crippen molar-refractivity contribution in [1.29, 1.82) is 0 Å². The molecule has 7 nitrogen and oxygen atoms in total. The molecule has 1 aliphatic heterocycles. The van der Waals surface area contributed by atoms with Crippen molar-refractivity contribution in [2.24, 2.45) is 17.3 Å². The van der Waals surface area contributed by atoms with Crippen LogP contribution < -0.4 is 0 Å². The second-order valence-corrected chi connectivity index (χ2v) is 11.1. The van der Waals surface area contributed by atoms with Gasteiger partial charge >= 0.3 is 5.97 Å². The molecule has 190 valence electrons. The van der Waals surface area contributed by atoms with Crippen LogP contribution in [0, 0.1) is 24.2 Å². The fourth-order valence-electron chi connectivity index (χ4n) is 4.26. The van der Waals surface area contributed by atoms with E-state index < -0.39 is 48.1 Å². The number of carbonyl (C=O) groups excluding carboxylic acids is 2. The van der Waals surface area contributed by atoms with Gasteiger partial charge in [0.2, 0.25) is 0 Å². The predicted octanol–water partition coefficient (Wildman–Crippen LogP) is 3.85. The van der Waals surface area contributed by atoms with Crippen LogP contribution in [0.15, 0.2) is 23.1 Å². The molecule has 0 aliphatic carbocycles. The lowest BCUT2D eigenvalue weighted by Crippen LogP contribution is -2.46. The lowest BCUT2D eigenvalue weighted by Gasteiger charge is -2.34. The number of carbonyl (C=O) groups is 2. The van der Waals surface area contributed by atoms with Gasteiger partial charge in [-0.1, -0.05) is 39.8 Å². The number of hydrogen-bond donors (Lipinski definition) is 3. The van der Waals surface area contributed by atoms with Crippen LogP contribution in [-0.4, -0.2) is 56.5 Å². The Balaban J connectivity index is 2.34. The summed E-state index contributed by atoms with van der Waals surface area (Å²) < 4.78 is 5.61. The first kappa shape index (κ1) is 28.4. The average Bonchev–Trinajstić information content (AvgIpc) is 3.18. The van der Waals surface area contributed by atoms with Gasteiger partial charge in [-0.2, -0.15) is 0 Å². The summed E-state index contributed by atoms with van der Waals surface area (Å²) in [5.41, 5.74) is 0.0764. The minimum atomic E-state index is -1.30. The number of hydrogen-bond acceptors (Lipinski definition) is 8. The maximum atomic E-state index is 13.1. The molecule has 0 bridgehead atoms. The first-order valence-electron chi connectivity index (χ1n) is 11.9. The Labute approximate surface area is 206 Å². The molecule has 0 spiro atoms. The molecule has 8 heteroatoms. The van der Waals surface area contributed by atoms with Gasteiger partial charge in [0, 0.05) is 11.3 Å². The molecule has 1 aliphatic rings. The number of nitrogens with zero attached hydrogens (tertiary/aromatic N) is 1. The quantitative estimate of drug-likeness (QED) is 0.423. The van der Waals surface area contributed by atoms with E-state index in [1.165, 1.54) is 11.3 Å². The Morgan fingerprint density at radius 3 is 2.53 bits per heavy atom. The first-order valence-corrected chi connectivity index (χ1v) is 12.8. The van der Waals surface area contributed by atoms with E-state index in [0.29, 0.717) is 24.1 Å². The van der Waals surface area contributed by atoms with Gasteiger partial charge in [0.05, 0.1) is 34.7 Å². The molecule has 0 saturated carbocycles. The number of thiazole rings is 1. The zero-order chi connectivity index (χ0) is 25.6. The zero-order valence-corrected chi connectivity index (χ0v) is 21.8. The van der Waals surface area contributed by atoms with E-state index >= 15 is 0 Å². The Hall–Kier alpha value is -1.87. The number of rotatable bonds is 2. The molecule has 1 aromatic heterocycles. The molecule has 0 fully saturated rings. The Bertz CT molecular complexity index is 905. The van der Waals surface area contributed by atoms with E-state index in [1.807, 2.05) is 25.3 Å². The summed E-state index contributed by atoms with van der Waals surface area (Å²) in [6.45, 7) is 10.4. The normalized spacial score (nSPS) is 33.4. The van der Waals surface area contributed by atoms with Crippen LogP contribution in [0.3, 0.4) is 0 Å². The third-order valence-electron chi connectivity index (χ3n) is 6.73. The van der Waals surface area contributed by atoms with Gasteiger partial charge in [0.15, 0.2) is 6.10 Å². The smallest absolute Gasteiger partial charge is 0.309 e. The second-order valence-electron chi connectivity index (χ2n) is 10.0. The maximum absolute atomic E-state index is 13.1. The van der Waals surface area contributed by atoms with E-state index in [2.05, 4.69) is 4.98 Å². The number of ether oxygens (including phenoxy) is 1. The number of allylic oxidation sites excluding steroid dienone is 1. The van der Waals surface area contributed by atoms with E-state index in [9.17, 15) is 24.9 Å². The van der Waals surface area contributed by atoms with Gasteiger partial charge in [-0.25, -0.2) is 4.98 Å². The van der Waals surface area contributed by atoms with Crippen LogP contribution in [0.25, 0.3) is 6.08 Å². The minimum Gasteiger partial charge on any atom is -0.455 e. The summed E-state index contributed by atoms with van der Waals surface area (Å²) in [4.78, 5) is 30.3. The van der Waals surface area contributed by atoms with Crippen LogP contribution in [0.1, 0.15) is 71.0 Å². The summed E-state index contributed by atoms with van der Waals surface area (Å²) in [5.74, 6) is -1.81. The highest BCUT2D eigenvalue weighted by Gasteiger charge is 2.42. The van der Waals surface area contributed by atoms with Gasteiger partial charge in [0.25, 0.3) is 0 Å². The van der Waals surface area contributed by atoms with Crippen LogP contribution in [-0.2, 0) is 14.3 Å². The largest absolute Gasteiger partial charge is 0.455 e. The van der Waals surface area contributed by atoms with Crippen LogP contribution >= 0.6 is 11.3 Å². The maximum Gasteiger partial charge on any atom is 0.309 e. The number of aliphatic hydroxyl groups is 3. The van der Waals surface area contributed by atoms with Gasteiger partial charge in [-0.3, -0.25) is 9.59 Å². The van der Waals surface area contributed by atoms with E-state index in [1.54, 1.807) is 39.8 Å². The van der Waals surface area contributed by atoms with Crippen molar-refractivity contribution in [3.05, 3.63) is 33.8 Å². The fourth-order valence-corrected chi connectivity index (χ4v) is 4.83. The highest BCUT2D eigenvalue weighted by atomic mass is 32.1. The van der Waals surface area contributed by atoms with Crippen molar-refractivity contribution < 1.29 is 29.6 Å². The lowest BCUT2D eigenvalue weighted by atomic mass is 9.73. The molecule has 34 heavy (non-hydrogen) atoms. The summed E-state index contributed by atoms with van der Waals surface area (Å²) in [7, 11) is 0. The molecule has 0 radical (unpaired) electrons. The van der Waals surface area contributed by atoms with Gasteiger partial charge < -0.3 is 20.1 Å². The topological polar surface area (TPSA) is 117 Å². The third-order valence-corrected chi connectivity index (χ3v) is 7.52. The van der Waals surface area contributed by atoms with Crippen molar-refractivity contribution in [2.45, 2.75) is 91.6 Å². The molecule has 0 aromatic carbocycles. The molecule has 2 heterocycles. The molecule has 0 amide bonds. The molecular formula is C26H39NO6S. The summed E-state index contributed by atoms with van der Waals surface area (Å²) in [5, 5.41) is 35.1. The molecular weight excluding hydrogens is 454 g/mol. The summed E-state index contributed by atoms with van der Waals surface area (Å²) in [6, 6.07) is 0. The van der Waals surface area contributed by atoms with Crippen molar-refractivity contribution in [3.8, 4) is 0 Å². The number of ketones is 1.